The molecule has 0 spiro atoms. The lowest BCUT2D eigenvalue weighted by molar-refractivity contribution is 0.0933. The Morgan fingerprint density at radius 1 is 1.50 bits per heavy atom. The number of hydrogen-bond donors (Lipinski definition) is 1. The molecule has 0 aliphatic heterocycles. The van der Waals surface area contributed by atoms with Gasteiger partial charge >= 0.3 is 0 Å². The average Bonchev–Trinajstić information content (AvgIpc) is 3.09. The van der Waals surface area contributed by atoms with Gasteiger partial charge in [0.15, 0.2) is 0 Å². The SMILES string of the molecule is CSc1ccccc1C(=O)NC1(CCl)CC1. The fraction of sp³-hybridized carbons (Fsp3) is 0.417. The van der Waals surface area contributed by atoms with Gasteiger partial charge in [-0.1, -0.05) is 12.1 Å². The zero-order chi connectivity index (χ0) is 11.6. The van der Waals surface area contributed by atoms with Crippen molar-refractivity contribution in [3.8, 4) is 0 Å². The topological polar surface area (TPSA) is 29.1 Å². The standard InChI is InChI=1S/C12H14ClNOS/c1-16-10-5-3-2-4-9(10)11(15)14-12(8-13)6-7-12/h2-5H,6-8H2,1H3,(H,14,15). The number of carbonyl (C=O) groups is 1. The Balaban J connectivity index is 2.14. The Morgan fingerprint density at radius 3 is 2.75 bits per heavy atom. The summed E-state index contributed by atoms with van der Waals surface area (Å²) in [4.78, 5) is 13.1. The number of alkyl halides is 1. The molecule has 1 fully saturated rings. The van der Waals surface area contributed by atoms with Gasteiger partial charge in [-0.15, -0.1) is 23.4 Å². The number of carbonyl (C=O) groups excluding carboxylic acids is 1. The third-order valence-electron chi connectivity index (χ3n) is 2.84. The maximum atomic E-state index is 12.1. The molecule has 2 nitrogen and oxygen atoms in total. The molecule has 1 saturated carbocycles. The molecule has 86 valence electrons. The van der Waals surface area contributed by atoms with Crippen molar-refractivity contribution in [2.24, 2.45) is 0 Å². The Morgan fingerprint density at radius 2 is 2.19 bits per heavy atom. The van der Waals surface area contributed by atoms with Crippen LogP contribution in [-0.2, 0) is 0 Å². The third kappa shape index (κ3) is 2.36. The van der Waals surface area contributed by atoms with E-state index in [9.17, 15) is 4.79 Å². The van der Waals surface area contributed by atoms with Gasteiger partial charge in [0.1, 0.15) is 0 Å². The highest BCUT2D eigenvalue weighted by Crippen LogP contribution is 2.37. The molecule has 0 atom stereocenters. The van der Waals surface area contributed by atoms with E-state index < -0.39 is 0 Å². The summed E-state index contributed by atoms with van der Waals surface area (Å²) in [7, 11) is 0. The van der Waals surface area contributed by atoms with Crippen molar-refractivity contribution in [2.45, 2.75) is 23.3 Å². The highest BCUT2D eigenvalue weighted by atomic mass is 35.5. The normalized spacial score (nSPS) is 16.9. The van der Waals surface area contributed by atoms with Crippen molar-refractivity contribution in [2.75, 3.05) is 12.1 Å². The number of benzene rings is 1. The first-order chi connectivity index (χ1) is 7.71. The zero-order valence-corrected chi connectivity index (χ0v) is 10.7. The number of nitrogens with one attached hydrogen (secondary N) is 1. The van der Waals surface area contributed by atoms with Gasteiger partial charge < -0.3 is 5.32 Å². The van der Waals surface area contributed by atoms with E-state index in [1.54, 1.807) is 11.8 Å². The van der Waals surface area contributed by atoms with E-state index in [-0.39, 0.29) is 11.4 Å². The molecule has 1 aromatic rings. The van der Waals surface area contributed by atoms with Crippen LogP contribution in [-0.4, -0.2) is 23.6 Å². The monoisotopic (exact) mass is 255 g/mol. The maximum Gasteiger partial charge on any atom is 0.252 e. The smallest absolute Gasteiger partial charge is 0.252 e. The molecule has 16 heavy (non-hydrogen) atoms. The molecule has 0 saturated heterocycles. The van der Waals surface area contributed by atoms with Crippen molar-refractivity contribution in [1.29, 1.82) is 0 Å². The van der Waals surface area contributed by atoms with Crippen molar-refractivity contribution >= 4 is 29.3 Å². The quantitative estimate of drug-likeness (QED) is 0.662. The van der Waals surface area contributed by atoms with E-state index in [1.165, 1.54) is 0 Å². The van der Waals surface area contributed by atoms with Crippen LogP contribution in [0.5, 0.6) is 0 Å². The van der Waals surface area contributed by atoms with E-state index in [4.69, 9.17) is 11.6 Å². The van der Waals surface area contributed by atoms with Crippen LogP contribution in [0.2, 0.25) is 0 Å². The van der Waals surface area contributed by atoms with Gasteiger partial charge in [-0.3, -0.25) is 4.79 Å². The minimum atomic E-state index is -0.135. The molecule has 1 aliphatic rings. The van der Waals surface area contributed by atoms with Gasteiger partial charge in [-0.05, 0) is 31.2 Å². The summed E-state index contributed by atoms with van der Waals surface area (Å²) in [5.74, 6) is 0.489. The van der Waals surface area contributed by atoms with Crippen LogP contribution in [0.25, 0.3) is 0 Å². The third-order valence-corrected chi connectivity index (χ3v) is 4.15. The van der Waals surface area contributed by atoms with Crippen molar-refractivity contribution in [1.82, 2.24) is 5.32 Å². The highest BCUT2D eigenvalue weighted by molar-refractivity contribution is 7.98. The molecule has 0 bridgehead atoms. The van der Waals surface area contributed by atoms with Crippen LogP contribution in [0.1, 0.15) is 23.2 Å². The summed E-state index contributed by atoms with van der Waals surface area (Å²) in [6.45, 7) is 0. The molecule has 2 rings (SSSR count). The van der Waals surface area contributed by atoms with Gasteiger partial charge in [0.05, 0.1) is 11.1 Å². The molecule has 1 aromatic carbocycles. The molecule has 0 radical (unpaired) electrons. The number of rotatable bonds is 4. The Kier molecular flexibility index (Phi) is 3.45. The second kappa shape index (κ2) is 4.68. The molecular formula is C12H14ClNOS. The van der Waals surface area contributed by atoms with Gasteiger partial charge in [-0.25, -0.2) is 0 Å². The van der Waals surface area contributed by atoms with E-state index in [0.717, 1.165) is 23.3 Å². The Labute approximate surface area is 105 Å². The largest absolute Gasteiger partial charge is 0.345 e. The predicted molar refractivity (Wildman–Crippen MR) is 68.4 cm³/mol. The van der Waals surface area contributed by atoms with Crippen LogP contribution in [0.3, 0.4) is 0 Å². The van der Waals surface area contributed by atoms with Crippen LogP contribution < -0.4 is 5.32 Å². The molecule has 4 heteroatoms. The lowest BCUT2D eigenvalue weighted by Crippen LogP contribution is -2.38. The Hall–Kier alpha value is -0.670. The lowest BCUT2D eigenvalue weighted by atomic mass is 10.2. The van der Waals surface area contributed by atoms with Gasteiger partial charge in [0.25, 0.3) is 5.91 Å². The summed E-state index contributed by atoms with van der Waals surface area (Å²) in [5.41, 5.74) is 0.607. The molecule has 0 unspecified atom stereocenters. The van der Waals surface area contributed by atoms with Crippen molar-refractivity contribution in [3.63, 3.8) is 0 Å². The number of thioether (sulfide) groups is 1. The number of hydrogen-bond acceptors (Lipinski definition) is 2. The van der Waals surface area contributed by atoms with E-state index in [2.05, 4.69) is 5.32 Å². The molecule has 1 N–H and O–H groups in total. The molecule has 1 aliphatic carbocycles. The van der Waals surface area contributed by atoms with E-state index in [1.807, 2.05) is 30.5 Å². The summed E-state index contributed by atoms with van der Waals surface area (Å²) in [5, 5.41) is 3.02. The average molecular weight is 256 g/mol. The summed E-state index contributed by atoms with van der Waals surface area (Å²) < 4.78 is 0. The van der Waals surface area contributed by atoms with Crippen molar-refractivity contribution < 1.29 is 4.79 Å². The number of halogens is 1. The second-order valence-corrected chi connectivity index (χ2v) is 5.18. The van der Waals surface area contributed by atoms with Crippen molar-refractivity contribution in [3.05, 3.63) is 29.8 Å². The number of amides is 1. The molecule has 1 amide bonds. The first-order valence-electron chi connectivity index (χ1n) is 5.22. The summed E-state index contributed by atoms with van der Waals surface area (Å²) >= 11 is 7.42. The zero-order valence-electron chi connectivity index (χ0n) is 9.13. The van der Waals surface area contributed by atoms with Crippen LogP contribution in [0.15, 0.2) is 29.2 Å². The fourth-order valence-corrected chi connectivity index (χ4v) is 2.51. The van der Waals surface area contributed by atoms with Gasteiger partial charge in [0, 0.05) is 10.8 Å². The molecule has 0 heterocycles. The first-order valence-corrected chi connectivity index (χ1v) is 6.98. The first kappa shape index (κ1) is 11.8. The minimum absolute atomic E-state index is 0.0110. The van der Waals surface area contributed by atoms with Gasteiger partial charge in [-0.2, -0.15) is 0 Å². The second-order valence-electron chi connectivity index (χ2n) is 4.07. The van der Waals surface area contributed by atoms with E-state index in [0.29, 0.717) is 5.88 Å². The molecule has 0 aromatic heterocycles. The fourth-order valence-electron chi connectivity index (χ4n) is 1.58. The minimum Gasteiger partial charge on any atom is -0.345 e. The van der Waals surface area contributed by atoms with Crippen LogP contribution in [0.4, 0.5) is 0 Å². The molecular weight excluding hydrogens is 242 g/mol. The van der Waals surface area contributed by atoms with Crippen LogP contribution in [0, 0.1) is 0 Å². The predicted octanol–water partition coefficient (Wildman–Crippen LogP) is 2.91. The maximum absolute atomic E-state index is 12.1. The lowest BCUT2D eigenvalue weighted by Gasteiger charge is -2.15. The highest BCUT2D eigenvalue weighted by Gasteiger charge is 2.43. The summed E-state index contributed by atoms with van der Waals surface area (Å²) in [6, 6.07) is 7.64. The van der Waals surface area contributed by atoms with Gasteiger partial charge in [0.2, 0.25) is 0 Å². The summed E-state index contributed by atoms with van der Waals surface area (Å²) in [6.07, 6.45) is 3.95. The van der Waals surface area contributed by atoms with E-state index >= 15 is 0 Å². The van der Waals surface area contributed by atoms with Crippen LogP contribution >= 0.6 is 23.4 Å². The Bertz CT molecular complexity index is 404.